The average molecular weight is 370 g/mol. The summed E-state index contributed by atoms with van der Waals surface area (Å²) in [6.45, 7) is 2.55. The van der Waals surface area contributed by atoms with Gasteiger partial charge in [-0.15, -0.1) is 0 Å². The van der Waals surface area contributed by atoms with Crippen LogP contribution in [0.4, 0.5) is 0 Å². The number of carbonyl (C=O) groups excluding carboxylic acids is 1. The number of ether oxygens (including phenoxy) is 3. The van der Waals surface area contributed by atoms with Gasteiger partial charge in [-0.1, -0.05) is 0 Å². The summed E-state index contributed by atoms with van der Waals surface area (Å²) in [5.41, 5.74) is 0.590. The third kappa shape index (κ3) is 4.51. The van der Waals surface area contributed by atoms with Crippen molar-refractivity contribution in [2.75, 3.05) is 26.3 Å². The molecule has 8 nitrogen and oxygen atoms in total. The van der Waals surface area contributed by atoms with Gasteiger partial charge in [-0.3, -0.25) is 9.78 Å². The van der Waals surface area contributed by atoms with Gasteiger partial charge < -0.3 is 19.1 Å². The SMILES string of the molecule is O=C(c1ccnc(O[C@H]2CCOC2)c1)N1CCC(Oc2cnccn2)CC1. The Hall–Kier alpha value is -2.74. The molecule has 0 N–H and O–H groups in total. The molecule has 8 heteroatoms. The Morgan fingerprint density at radius 2 is 1.85 bits per heavy atom. The first kappa shape index (κ1) is 17.7. The van der Waals surface area contributed by atoms with Crippen molar-refractivity contribution in [3.05, 3.63) is 42.5 Å². The highest BCUT2D eigenvalue weighted by atomic mass is 16.5. The normalized spacial score (nSPS) is 20.4. The lowest BCUT2D eigenvalue weighted by atomic mass is 10.1. The van der Waals surface area contributed by atoms with E-state index in [4.69, 9.17) is 14.2 Å². The number of hydrogen-bond acceptors (Lipinski definition) is 7. The highest BCUT2D eigenvalue weighted by molar-refractivity contribution is 5.94. The number of amides is 1. The molecule has 0 spiro atoms. The number of likely N-dealkylation sites (tertiary alicyclic amines) is 1. The molecule has 0 saturated carbocycles. The van der Waals surface area contributed by atoms with Crippen molar-refractivity contribution in [1.29, 1.82) is 0 Å². The number of rotatable bonds is 5. The second-order valence-electron chi connectivity index (χ2n) is 6.64. The summed E-state index contributed by atoms with van der Waals surface area (Å²) in [6.07, 6.45) is 8.86. The van der Waals surface area contributed by atoms with Gasteiger partial charge in [0.2, 0.25) is 11.8 Å². The molecule has 142 valence electrons. The van der Waals surface area contributed by atoms with Crippen LogP contribution in [-0.4, -0.2) is 64.3 Å². The molecule has 2 aromatic heterocycles. The zero-order valence-corrected chi connectivity index (χ0v) is 15.0. The number of piperidine rings is 1. The van der Waals surface area contributed by atoms with E-state index in [1.54, 1.807) is 36.9 Å². The maximum atomic E-state index is 12.8. The van der Waals surface area contributed by atoms with Crippen molar-refractivity contribution in [2.24, 2.45) is 0 Å². The quantitative estimate of drug-likeness (QED) is 0.792. The Bertz CT molecular complexity index is 759. The van der Waals surface area contributed by atoms with E-state index >= 15 is 0 Å². The lowest BCUT2D eigenvalue weighted by molar-refractivity contribution is 0.0586. The van der Waals surface area contributed by atoms with Crippen molar-refractivity contribution in [3.63, 3.8) is 0 Å². The predicted molar refractivity (Wildman–Crippen MR) is 95.7 cm³/mol. The van der Waals surface area contributed by atoms with Crippen LogP contribution in [0.5, 0.6) is 11.8 Å². The van der Waals surface area contributed by atoms with Crippen LogP contribution in [0.15, 0.2) is 36.9 Å². The highest BCUT2D eigenvalue weighted by Crippen LogP contribution is 2.20. The summed E-state index contributed by atoms with van der Waals surface area (Å²) in [4.78, 5) is 27.0. The van der Waals surface area contributed by atoms with E-state index in [-0.39, 0.29) is 18.1 Å². The maximum absolute atomic E-state index is 12.8. The van der Waals surface area contributed by atoms with E-state index < -0.39 is 0 Å². The van der Waals surface area contributed by atoms with Gasteiger partial charge in [0, 0.05) is 62.6 Å². The van der Waals surface area contributed by atoms with Crippen LogP contribution in [0.25, 0.3) is 0 Å². The lowest BCUT2D eigenvalue weighted by Crippen LogP contribution is -2.41. The van der Waals surface area contributed by atoms with Gasteiger partial charge in [0.25, 0.3) is 5.91 Å². The van der Waals surface area contributed by atoms with Crippen molar-refractivity contribution in [3.8, 4) is 11.8 Å². The van der Waals surface area contributed by atoms with Crippen molar-refractivity contribution < 1.29 is 19.0 Å². The molecule has 0 radical (unpaired) electrons. The van der Waals surface area contributed by atoms with Crippen LogP contribution in [0, 0.1) is 0 Å². The fourth-order valence-corrected chi connectivity index (χ4v) is 3.26. The van der Waals surface area contributed by atoms with Crippen LogP contribution in [-0.2, 0) is 4.74 Å². The molecular formula is C19H22N4O4. The Kier molecular flexibility index (Phi) is 5.43. The third-order valence-corrected chi connectivity index (χ3v) is 4.71. The Balaban J connectivity index is 1.32. The van der Waals surface area contributed by atoms with Crippen molar-refractivity contribution in [1.82, 2.24) is 19.9 Å². The molecule has 1 atom stereocenters. The molecular weight excluding hydrogens is 348 g/mol. The fourth-order valence-electron chi connectivity index (χ4n) is 3.26. The molecule has 0 bridgehead atoms. The minimum atomic E-state index is -0.0112. The first-order valence-electron chi connectivity index (χ1n) is 9.20. The molecule has 1 amide bonds. The van der Waals surface area contributed by atoms with Gasteiger partial charge >= 0.3 is 0 Å². The van der Waals surface area contributed by atoms with E-state index in [2.05, 4.69) is 15.0 Å². The van der Waals surface area contributed by atoms with Gasteiger partial charge in [-0.25, -0.2) is 9.97 Å². The highest BCUT2D eigenvalue weighted by Gasteiger charge is 2.26. The predicted octanol–water partition coefficient (Wildman–Crippen LogP) is 1.72. The van der Waals surface area contributed by atoms with E-state index in [0.29, 0.717) is 43.6 Å². The number of carbonyl (C=O) groups is 1. The Labute approximate surface area is 157 Å². The maximum Gasteiger partial charge on any atom is 0.254 e. The first-order valence-corrected chi connectivity index (χ1v) is 9.20. The van der Waals surface area contributed by atoms with Gasteiger partial charge in [-0.2, -0.15) is 0 Å². The number of nitrogens with zero attached hydrogens (tertiary/aromatic N) is 4. The first-order chi connectivity index (χ1) is 13.3. The molecule has 0 aliphatic carbocycles. The number of aromatic nitrogens is 3. The van der Waals surface area contributed by atoms with Gasteiger partial charge in [-0.05, 0) is 6.07 Å². The van der Waals surface area contributed by atoms with E-state index in [1.165, 1.54) is 0 Å². The summed E-state index contributed by atoms with van der Waals surface area (Å²) >= 11 is 0. The summed E-state index contributed by atoms with van der Waals surface area (Å²) in [5.74, 6) is 0.981. The topological polar surface area (TPSA) is 86.7 Å². The second kappa shape index (κ2) is 8.30. The van der Waals surface area contributed by atoms with Crippen molar-refractivity contribution in [2.45, 2.75) is 31.5 Å². The average Bonchev–Trinajstić information content (AvgIpc) is 3.22. The smallest absolute Gasteiger partial charge is 0.254 e. The van der Waals surface area contributed by atoms with Crippen LogP contribution in [0.3, 0.4) is 0 Å². The third-order valence-electron chi connectivity index (χ3n) is 4.71. The van der Waals surface area contributed by atoms with E-state index in [1.807, 2.05) is 4.90 Å². The molecule has 2 aromatic rings. The molecule has 4 heterocycles. The van der Waals surface area contributed by atoms with Crippen LogP contribution < -0.4 is 9.47 Å². The molecule has 2 saturated heterocycles. The van der Waals surface area contributed by atoms with Gasteiger partial charge in [0.05, 0.1) is 19.4 Å². The molecule has 0 aromatic carbocycles. The summed E-state index contributed by atoms with van der Waals surface area (Å²) in [6, 6.07) is 3.44. The van der Waals surface area contributed by atoms with Crippen molar-refractivity contribution >= 4 is 5.91 Å². The standard InChI is InChI=1S/C19H22N4O4/c24-19(14-1-5-21-17(11-14)27-16-4-10-25-13-16)23-8-2-15(3-9-23)26-18-12-20-6-7-22-18/h1,5-7,11-12,15-16H,2-4,8-10,13H2/t16-/m0/s1. The largest absolute Gasteiger partial charge is 0.473 e. The van der Waals surface area contributed by atoms with Crippen LogP contribution >= 0.6 is 0 Å². The zero-order valence-electron chi connectivity index (χ0n) is 15.0. The number of hydrogen-bond donors (Lipinski definition) is 0. The van der Waals surface area contributed by atoms with E-state index in [9.17, 15) is 4.79 Å². The second-order valence-corrected chi connectivity index (χ2v) is 6.64. The Morgan fingerprint density at radius 1 is 1.04 bits per heavy atom. The van der Waals surface area contributed by atoms with Gasteiger partial charge in [0.1, 0.15) is 12.2 Å². The molecule has 2 aliphatic rings. The minimum absolute atomic E-state index is 0.0110. The fraction of sp³-hybridized carbons (Fsp3) is 0.474. The van der Waals surface area contributed by atoms with E-state index in [0.717, 1.165) is 19.3 Å². The lowest BCUT2D eigenvalue weighted by Gasteiger charge is -2.32. The monoisotopic (exact) mass is 370 g/mol. The van der Waals surface area contributed by atoms with Crippen LogP contribution in [0.2, 0.25) is 0 Å². The summed E-state index contributed by atoms with van der Waals surface area (Å²) in [5, 5.41) is 0. The van der Waals surface area contributed by atoms with Crippen LogP contribution in [0.1, 0.15) is 29.6 Å². The molecule has 4 rings (SSSR count). The molecule has 27 heavy (non-hydrogen) atoms. The zero-order chi connectivity index (χ0) is 18.5. The Morgan fingerprint density at radius 3 is 2.59 bits per heavy atom. The summed E-state index contributed by atoms with van der Waals surface area (Å²) < 4.78 is 16.9. The minimum Gasteiger partial charge on any atom is -0.473 e. The number of pyridine rings is 1. The molecule has 0 unspecified atom stereocenters. The summed E-state index contributed by atoms with van der Waals surface area (Å²) in [7, 11) is 0. The molecule has 2 aliphatic heterocycles. The molecule has 2 fully saturated rings. The van der Waals surface area contributed by atoms with Gasteiger partial charge in [0.15, 0.2) is 0 Å².